The maximum atomic E-state index is 11.8. The third kappa shape index (κ3) is 4.85. The van der Waals surface area contributed by atoms with Gasteiger partial charge in [0.05, 0.1) is 13.2 Å². The molecule has 4 aromatic rings. The lowest BCUT2D eigenvalue weighted by molar-refractivity contribution is 0.0384. The number of aromatic nitrogens is 3. The number of pyridine rings is 1. The van der Waals surface area contributed by atoms with Gasteiger partial charge in [-0.3, -0.25) is 4.79 Å². The van der Waals surface area contributed by atoms with Gasteiger partial charge in [-0.05, 0) is 42.8 Å². The van der Waals surface area contributed by atoms with E-state index in [1.807, 2.05) is 37.3 Å². The number of para-hydroxylation sites is 1. The molecule has 9 nitrogen and oxygen atoms in total. The van der Waals surface area contributed by atoms with Gasteiger partial charge >= 0.3 is 0 Å². The van der Waals surface area contributed by atoms with E-state index in [1.54, 1.807) is 18.5 Å². The number of nitrogens with one attached hydrogen (secondary N) is 2. The van der Waals surface area contributed by atoms with Gasteiger partial charge in [-0.2, -0.15) is 0 Å². The van der Waals surface area contributed by atoms with Gasteiger partial charge in [0.25, 0.3) is 0 Å². The van der Waals surface area contributed by atoms with Gasteiger partial charge in [0.15, 0.2) is 5.82 Å². The molecule has 2 atom stereocenters. The summed E-state index contributed by atoms with van der Waals surface area (Å²) in [5.41, 5.74) is 5.62. The maximum absolute atomic E-state index is 11.8. The largest absolute Gasteiger partial charge is 0.456 e. The normalized spacial score (nSPS) is 17.2. The molecule has 3 N–H and O–H groups in total. The lowest BCUT2D eigenvalue weighted by Gasteiger charge is -2.36. The van der Waals surface area contributed by atoms with Crippen molar-refractivity contribution in [2.24, 2.45) is 0 Å². The zero-order valence-electron chi connectivity index (χ0n) is 21.1. The number of hydrogen-bond donors (Lipinski definition) is 3. The molecule has 9 heteroatoms. The SMILES string of the molecule is Cc1ccnc(C(CO)Nc2ccc3c(c2)Cc2cccc(C4CN(c5cc[nH]c(=O)c5)CCO4)c2O3)n1. The van der Waals surface area contributed by atoms with E-state index in [0.717, 1.165) is 51.8 Å². The lowest BCUT2D eigenvalue weighted by Crippen LogP contribution is -2.39. The van der Waals surface area contributed by atoms with E-state index in [1.165, 1.54) is 0 Å². The number of ether oxygens (including phenoxy) is 2. The van der Waals surface area contributed by atoms with Gasteiger partial charge in [-0.1, -0.05) is 18.2 Å². The fourth-order valence-electron chi connectivity index (χ4n) is 5.08. The Labute approximate surface area is 220 Å². The van der Waals surface area contributed by atoms with Gasteiger partial charge in [0, 0.05) is 66.2 Å². The Kier molecular flexibility index (Phi) is 6.53. The number of nitrogens with zero attached hydrogens (tertiary/aromatic N) is 3. The van der Waals surface area contributed by atoms with E-state index >= 15 is 0 Å². The minimum atomic E-state index is -0.414. The summed E-state index contributed by atoms with van der Waals surface area (Å²) in [6, 6.07) is 17.1. The predicted molar refractivity (Wildman–Crippen MR) is 144 cm³/mol. The summed E-state index contributed by atoms with van der Waals surface area (Å²) in [5, 5.41) is 13.3. The van der Waals surface area contributed by atoms with Crippen LogP contribution in [0.4, 0.5) is 11.4 Å². The van der Waals surface area contributed by atoms with Crippen LogP contribution in [0, 0.1) is 6.92 Å². The van der Waals surface area contributed by atoms with Crippen molar-refractivity contribution in [3.8, 4) is 11.5 Å². The molecule has 2 aromatic carbocycles. The highest BCUT2D eigenvalue weighted by Gasteiger charge is 2.29. The van der Waals surface area contributed by atoms with E-state index < -0.39 is 6.04 Å². The van der Waals surface area contributed by atoms with Crippen LogP contribution in [0.2, 0.25) is 0 Å². The smallest absolute Gasteiger partial charge is 0.249 e. The summed E-state index contributed by atoms with van der Waals surface area (Å²) in [5.74, 6) is 2.18. The molecule has 38 heavy (non-hydrogen) atoms. The highest BCUT2D eigenvalue weighted by molar-refractivity contribution is 5.59. The average Bonchev–Trinajstić information content (AvgIpc) is 2.94. The quantitative estimate of drug-likeness (QED) is 0.315. The molecule has 194 valence electrons. The number of aromatic amines is 1. The second kappa shape index (κ2) is 10.3. The predicted octanol–water partition coefficient (Wildman–Crippen LogP) is 3.89. The Hall–Kier alpha value is -4.21. The van der Waals surface area contributed by atoms with Crippen molar-refractivity contribution in [1.82, 2.24) is 15.0 Å². The number of fused-ring (bicyclic) bond motifs is 2. The molecule has 2 aromatic heterocycles. The maximum Gasteiger partial charge on any atom is 0.249 e. The molecular formula is C29H29N5O4. The zero-order chi connectivity index (χ0) is 26.1. The summed E-state index contributed by atoms with van der Waals surface area (Å²) in [7, 11) is 0. The van der Waals surface area contributed by atoms with Gasteiger partial charge in [0.1, 0.15) is 23.6 Å². The molecule has 0 aliphatic carbocycles. The van der Waals surface area contributed by atoms with Crippen LogP contribution in [0.5, 0.6) is 11.5 Å². The lowest BCUT2D eigenvalue weighted by atomic mass is 9.95. The number of aliphatic hydroxyl groups is 1. The first-order chi connectivity index (χ1) is 18.6. The van der Waals surface area contributed by atoms with Crippen LogP contribution in [0.3, 0.4) is 0 Å². The molecular weight excluding hydrogens is 482 g/mol. The Bertz CT molecular complexity index is 1520. The van der Waals surface area contributed by atoms with Gasteiger partial charge < -0.3 is 29.8 Å². The standard InChI is InChI=1S/C29H29N5O4/c1-18-7-9-31-29(32-18)24(17-35)33-21-5-6-25-20(14-21)13-19-3-2-4-23(28(19)38-25)26-16-34(11-12-37-26)22-8-10-30-27(36)15-22/h2-10,14-15,24,26,33,35H,11-13,16-17H2,1H3,(H,30,36). The van der Waals surface area contributed by atoms with Crippen LogP contribution >= 0.6 is 0 Å². The van der Waals surface area contributed by atoms with E-state index in [-0.39, 0.29) is 18.3 Å². The summed E-state index contributed by atoms with van der Waals surface area (Å²) >= 11 is 0. The fourth-order valence-corrected chi connectivity index (χ4v) is 5.08. The van der Waals surface area contributed by atoms with Crippen LogP contribution in [-0.2, 0) is 11.2 Å². The summed E-state index contributed by atoms with van der Waals surface area (Å²) in [6.07, 6.45) is 3.90. The van der Waals surface area contributed by atoms with Gasteiger partial charge in [0.2, 0.25) is 5.56 Å². The minimum absolute atomic E-state index is 0.117. The van der Waals surface area contributed by atoms with Crippen molar-refractivity contribution in [3.63, 3.8) is 0 Å². The number of morpholine rings is 1. The highest BCUT2D eigenvalue weighted by Crippen LogP contribution is 2.43. The second-order valence-electron chi connectivity index (χ2n) is 9.59. The third-order valence-electron chi connectivity index (χ3n) is 6.97. The molecule has 2 unspecified atom stereocenters. The Morgan fingerprint density at radius 2 is 2.11 bits per heavy atom. The van der Waals surface area contributed by atoms with Crippen LogP contribution in [0.1, 0.15) is 40.4 Å². The van der Waals surface area contributed by atoms with Crippen LogP contribution in [-0.4, -0.2) is 46.4 Å². The molecule has 1 saturated heterocycles. The summed E-state index contributed by atoms with van der Waals surface area (Å²) in [4.78, 5) is 25.4. The Morgan fingerprint density at radius 3 is 2.95 bits per heavy atom. The molecule has 4 heterocycles. The molecule has 1 fully saturated rings. The van der Waals surface area contributed by atoms with E-state index in [2.05, 4.69) is 43.4 Å². The first-order valence-electron chi connectivity index (χ1n) is 12.7. The van der Waals surface area contributed by atoms with Gasteiger partial charge in [-0.25, -0.2) is 9.97 Å². The van der Waals surface area contributed by atoms with Crippen molar-refractivity contribution in [2.45, 2.75) is 25.5 Å². The molecule has 0 bridgehead atoms. The number of rotatable bonds is 6. The summed E-state index contributed by atoms with van der Waals surface area (Å²) in [6.45, 7) is 3.68. The van der Waals surface area contributed by atoms with E-state index in [4.69, 9.17) is 9.47 Å². The average molecular weight is 512 g/mol. The number of H-pyrrole nitrogens is 1. The van der Waals surface area contributed by atoms with E-state index in [0.29, 0.717) is 25.4 Å². The topological polar surface area (TPSA) is 113 Å². The molecule has 2 aliphatic heterocycles. The van der Waals surface area contributed by atoms with Crippen molar-refractivity contribution in [1.29, 1.82) is 0 Å². The molecule has 2 aliphatic rings. The number of anilines is 2. The molecule has 0 radical (unpaired) electrons. The van der Waals surface area contributed by atoms with Crippen molar-refractivity contribution in [3.05, 3.63) is 106 Å². The van der Waals surface area contributed by atoms with Gasteiger partial charge in [-0.15, -0.1) is 0 Å². The van der Waals surface area contributed by atoms with Crippen LogP contribution in [0.15, 0.2) is 71.8 Å². The van der Waals surface area contributed by atoms with Crippen molar-refractivity contribution >= 4 is 11.4 Å². The van der Waals surface area contributed by atoms with E-state index in [9.17, 15) is 9.90 Å². The van der Waals surface area contributed by atoms with Crippen LogP contribution in [0.25, 0.3) is 0 Å². The van der Waals surface area contributed by atoms with Crippen molar-refractivity contribution < 1.29 is 14.6 Å². The molecule has 0 amide bonds. The molecule has 0 saturated carbocycles. The third-order valence-corrected chi connectivity index (χ3v) is 6.97. The first kappa shape index (κ1) is 24.1. The zero-order valence-corrected chi connectivity index (χ0v) is 21.1. The highest BCUT2D eigenvalue weighted by atomic mass is 16.5. The Morgan fingerprint density at radius 1 is 1.18 bits per heavy atom. The van der Waals surface area contributed by atoms with Crippen LogP contribution < -0.4 is 20.5 Å². The first-order valence-corrected chi connectivity index (χ1v) is 12.7. The monoisotopic (exact) mass is 511 g/mol. The Balaban J connectivity index is 1.22. The second-order valence-corrected chi connectivity index (χ2v) is 9.59. The summed E-state index contributed by atoms with van der Waals surface area (Å²) < 4.78 is 12.6. The minimum Gasteiger partial charge on any atom is -0.456 e. The molecule has 6 rings (SSSR count). The fraction of sp³-hybridized carbons (Fsp3) is 0.276. The molecule has 0 spiro atoms. The number of aryl methyl sites for hydroxylation is 1. The number of hydrogen-bond acceptors (Lipinski definition) is 8. The number of benzene rings is 2. The number of aliphatic hydroxyl groups excluding tert-OH is 1. The van der Waals surface area contributed by atoms with Crippen molar-refractivity contribution in [2.75, 3.05) is 36.5 Å².